The van der Waals surface area contributed by atoms with E-state index < -0.39 is 0 Å². The van der Waals surface area contributed by atoms with Crippen molar-refractivity contribution in [1.82, 2.24) is 9.88 Å². The van der Waals surface area contributed by atoms with Crippen LogP contribution in [0.1, 0.15) is 68.7 Å². The Balaban J connectivity index is 1.42. The molecule has 1 fully saturated rings. The molecule has 170 valence electrons. The number of unbranched alkanes of at least 4 members (excludes halogenated alkanes) is 1. The first kappa shape index (κ1) is 21.7. The molecule has 0 amide bonds. The number of H-pyrrole nitrogens is 1. The molecule has 2 aliphatic rings. The molecule has 0 radical (unpaired) electrons. The molecule has 1 aromatic heterocycles. The number of halogens is 1. The molecule has 1 aliphatic carbocycles. The third kappa shape index (κ3) is 3.78. The number of benzene rings is 2. The van der Waals surface area contributed by atoms with E-state index in [1.807, 2.05) is 6.07 Å². The van der Waals surface area contributed by atoms with Gasteiger partial charge < -0.3 is 9.72 Å². The molecular weight excluding hydrogens is 399 g/mol. The van der Waals surface area contributed by atoms with E-state index in [-0.39, 0.29) is 17.0 Å². The first-order valence-corrected chi connectivity index (χ1v) is 12.2. The van der Waals surface area contributed by atoms with Crippen LogP contribution in [0.3, 0.4) is 0 Å². The quantitative estimate of drug-likeness (QED) is 0.467. The Kier molecular flexibility index (Phi) is 5.85. The van der Waals surface area contributed by atoms with Gasteiger partial charge >= 0.3 is 0 Å². The van der Waals surface area contributed by atoms with Gasteiger partial charge in [-0.3, -0.25) is 4.90 Å². The van der Waals surface area contributed by atoms with E-state index in [0.29, 0.717) is 0 Å². The maximum absolute atomic E-state index is 14.0. The predicted octanol–water partition coefficient (Wildman–Crippen LogP) is 6.71. The second-order valence-corrected chi connectivity index (χ2v) is 9.93. The van der Waals surface area contributed by atoms with Crippen LogP contribution >= 0.6 is 0 Å². The van der Waals surface area contributed by atoms with E-state index in [1.54, 1.807) is 12.1 Å². The minimum atomic E-state index is -0.258. The number of fused-ring (bicyclic) bond motifs is 4. The summed E-state index contributed by atoms with van der Waals surface area (Å²) in [6, 6.07) is 15.9. The van der Waals surface area contributed by atoms with E-state index in [4.69, 9.17) is 4.74 Å². The number of rotatable bonds is 6. The third-order valence-electron chi connectivity index (χ3n) is 8.11. The molecule has 2 aromatic carbocycles. The van der Waals surface area contributed by atoms with Crippen LogP contribution in [0, 0.1) is 5.82 Å². The van der Waals surface area contributed by atoms with E-state index in [9.17, 15) is 4.39 Å². The standard InChI is InChI=1S/C28H35FN2O/c1-3-4-13-27(31(2)20-21-8-6-5-7-9-21)14-16-28(17-15-27)26-23(12-18-32-28)24-19-22(29)10-11-25(24)30-26/h5-11,19,30H,3-4,12-18,20H2,1-2H3. The molecule has 3 aromatic rings. The maximum atomic E-state index is 14.0. The molecule has 2 heterocycles. The topological polar surface area (TPSA) is 28.3 Å². The van der Waals surface area contributed by atoms with Gasteiger partial charge in [-0.25, -0.2) is 4.39 Å². The van der Waals surface area contributed by atoms with Crippen molar-refractivity contribution in [1.29, 1.82) is 0 Å². The molecular formula is C28H35FN2O. The smallest absolute Gasteiger partial charge is 0.123 e. The van der Waals surface area contributed by atoms with Crippen LogP contribution in [0.15, 0.2) is 48.5 Å². The van der Waals surface area contributed by atoms with Crippen LogP contribution in [0.25, 0.3) is 10.9 Å². The number of hydrogen-bond acceptors (Lipinski definition) is 2. The van der Waals surface area contributed by atoms with Gasteiger partial charge in [-0.2, -0.15) is 0 Å². The molecule has 1 spiro atoms. The van der Waals surface area contributed by atoms with Crippen LogP contribution in [-0.4, -0.2) is 29.1 Å². The Labute approximate surface area is 191 Å². The summed E-state index contributed by atoms with van der Waals surface area (Å²) in [4.78, 5) is 6.24. The highest BCUT2D eigenvalue weighted by Crippen LogP contribution is 2.51. The summed E-state index contributed by atoms with van der Waals surface area (Å²) in [6.45, 7) is 3.99. The molecule has 3 nitrogen and oxygen atoms in total. The van der Waals surface area contributed by atoms with Crippen LogP contribution in [0.5, 0.6) is 0 Å². The van der Waals surface area contributed by atoms with E-state index >= 15 is 0 Å². The van der Waals surface area contributed by atoms with Crippen LogP contribution in [0.2, 0.25) is 0 Å². The Morgan fingerprint density at radius 1 is 1.06 bits per heavy atom. The normalized spacial score (nSPS) is 25.5. The van der Waals surface area contributed by atoms with Crippen molar-refractivity contribution in [2.24, 2.45) is 0 Å². The summed E-state index contributed by atoms with van der Waals surface area (Å²) in [5, 5.41) is 1.03. The SMILES string of the molecule is CCCCC1(N(C)Cc2ccccc2)CCC2(CC1)OCCc1c2[nH]c2ccc(F)cc12. The number of ether oxygens (including phenoxy) is 1. The highest BCUT2D eigenvalue weighted by Gasteiger charge is 2.48. The van der Waals surface area contributed by atoms with Gasteiger partial charge in [-0.05, 0) is 74.9 Å². The summed E-state index contributed by atoms with van der Waals surface area (Å²) in [5.74, 6) is -0.162. The van der Waals surface area contributed by atoms with Gasteiger partial charge in [-0.1, -0.05) is 50.1 Å². The monoisotopic (exact) mass is 434 g/mol. The minimum Gasteiger partial charge on any atom is -0.368 e. The van der Waals surface area contributed by atoms with E-state index in [0.717, 1.165) is 56.2 Å². The molecule has 32 heavy (non-hydrogen) atoms. The second kappa shape index (κ2) is 8.64. The van der Waals surface area contributed by atoms with Gasteiger partial charge in [0.2, 0.25) is 0 Å². The summed E-state index contributed by atoms with van der Waals surface area (Å²) < 4.78 is 20.5. The highest BCUT2D eigenvalue weighted by atomic mass is 19.1. The largest absolute Gasteiger partial charge is 0.368 e. The van der Waals surface area contributed by atoms with E-state index in [2.05, 4.69) is 54.2 Å². The van der Waals surface area contributed by atoms with Crippen LogP contribution in [0.4, 0.5) is 4.39 Å². The third-order valence-corrected chi connectivity index (χ3v) is 8.11. The number of hydrogen-bond donors (Lipinski definition) is 1. The zero-order valence-corrected chi connectivity index (χ0v) is 19.4. The highest BCUT2D eigenvalue weighted by molar-refractivity contribution is 5.85. The Morgan fingerprint density at radius 2 is 1.84 bits per heavy atom. The number of aromatic nitrogens is 1. The summed E-state index contributed by atoms with van der Waals surface area (Å²) in [5.41, 5.74) is 4.83. The Morgan fingerprint density at radius 3 is 2.59 bits per heavy atom. The van der Waals surface area contributed by atoms with E-state index in [1.165, 1.54) is 36.1 Å². The number of nitrogens with one attached hydrogen (secondary N) is 1. The van der Waals surface area contributed by atoms with Gasteiger partial charge in [0.25, 0.3) is 0 Å². The van der Waals surface area contributed by atoms with Gasteiger partial charge in [0, 0.05) is 23.0 Å². The molecule has 1 aliphatic heterocycles. The van der Waals surface area contributed by atoms with Crippen molar-refractivity contribution in [3.63, 3.8) is 0 Å². The average molecular weight is 435 g/mol. The fourth-order valence-electron chi connectivity index (χ4n) is 6.16. The molecule has 1 N–H and O–H groups in total. The Hall–Kier alpha value is -2.17. The Bertz CT molecular complexity index is 1070. The first-order chi connectivity index (χ1) is 15.6. The molecule has 4 heteroatoms. The van der Waals surface area contributed by atoms with Crippen molar-refractivity contribution >= 4 is 10.9 Å². The van der Waals surface area contributed by atoms with Crippen molar-refractivity contribution < 1.29 is 9.13 Å². The lowest BCUT2D eigenvalue weighted by atomic mass is 9.68. The molecule has 1 saturated carbocycles. The summed E-state index contributed by atoms with van der Waals surface area (Å²) in [7, 11) is 2.31. The molecule has 0 bridgehead atoms. The fourth-order valence-corrected chi connectivity index (χ4v) is 6.16. The predicted molar refractivity (Wildman–Crippen MR) is 128 cm³/mol. The lowest BCUT2D eigenvalue weighted by molar-refractivity contribution is -0.116. The average Bonchev–Trinajstić information content (AvgIpc) is 3.19. The van der Waals surface area contributed by atoms with Gasteiger partial charge in [0.1, 0.15) is 11.4 Å². The lowest BCUT2D eigenvalue weighted by Crippen LogP contribution is -2.53. The van der Waals surface area contributed by atoms with Crippen LogP contribution < -0.4 is 0 Å². The maximum Gasteiger partial charge on any atom is 0.123 e. The zero-order valence-electron chi connectivity index (χ0n) is 19.4. The zero-order chi connectivity index (χ0) is 22.2. The second-order valence-electron chi connectivity index (χ2n) is 9.93. The molecule has 0 saturated heterocycles. The van der Waals surface area contributed by atoms with Gasteiger partial charge in [0.05, 0.1) is 12.3 Å². The minimum absolute atomic E-state index is 0.162. The first-order valence-electron chi connectivity index (χ1n) is 12.2. The number of nitrogens with zero attached hydrogens (tertiary/aromatic N) is 1. The van der Waals surface area contributed by atoms with Crippen molar-refractivity contribution in [2.45, 2.75) is 76.0 Å². The number of aromatic amines is 1. The summed E-state index contributed by atoms with van der Waals surface area (Å²) >= 11 is 0. The fraction of sp³-hybridized carbons (Fsp3) is 0.500. The van der Waals surface area contributed by atoms with Gasteiger partial charge in [0.15, 0.2) is 0 Å². The summed E-state index contributed by atoms with van der Waals surface area (Å²) in [6.07, 6.45) is 8.84. The van der Waals surface area contributed by atoms with Crippen molar-refractivity contribution in [3.8, 4) is 0 Å². The lowest BCUT2D eigenvalue weighted by Gasteiger charge is -2.51. The molecule has 5 rings (SSSR count). The van der Waals surface area contributed by atoms with Gasteiger partial charge in [-0.15, -0.1) is 0 Å². The van der Waals surface area contributed by atoms with Crippen LogP contribution in [-0.2, 0) is 23.3 Å². The van der Waals surface area contributed by atoms with Crippen molar-refractivity contribution in [3.05, 3.63) is 71.2 Å². The molecule has 0 unspecified atom stereocenters. The van der Waals surface area contributed by atoms with Crippen molar-refractivity contribution in [2.75, 3.05) is 13.7 Å². The molecule has 0 atom stereocenters.